The molecule has 2 aromatic heterocycles. The molecule has 0 bridgehead atoms. The molecule has 0 amide bonds. The van der Waals surface area contributed by atoms with Gasteiger partial charge in [-0.05, 0) is 30.9 Å². The normalized spacial score (nSPS) is 16.1. The lowest BCUT2D eigenvalue weighted by molar-refractivity contribution is 0.0953. The van der Waals surface area contributed by atoms with Crippen LogP contribution in [0.1, 0.15) is 35.7 Å². The molecule has 0 aliphatic carbocycles. The molecule has 1 unspecified atom stereocenters. The van der Waals surface area contributed by atoms with Gasteiger partial charge >= 0.3 is 0 Å². The molecule has 0 spiro atoms. The molecule has 0 saturated carbocycles. The van der Waals surface area contributed by atoms with Gasteiger partial charge in [-0.3, -0.25) is 9.36 Å². The number of aromatic nitrogens is 4. The molecule has 5 rings (SSSR count). The van der Waals surface area contributed by atoms with Crippen molar-refractivity contribution in [2.24, 2.45) is 0 Å². The molecule has 0 radical (unpaired) electrons. The van der Waals surface area contributed by atoms with Crippen molar-refractivity contribution in [2.45, 2.75) is 44.0 Å². The number of nitrogens with one attached hydrogen (secondary N) is 1. The van der Waals surface area contributed by atoms with E-state index in [4.69, 9.17) is 4.74 Å². The lowest BCUT2D eigenvalue weighted by atomic mass is 10.1. The number of para-hydroxylation sites is 1. The zero-order chi connectivity index (χ0) is 21.9. The summed E-state index contributed by atoms with van der Waals surface area (Å²) in [6.07, 6.45) is 5.19. The third-order valence-corrected chi connectivity index (χ3v) is 6.94. The van der Waals surface area contributed by atoms with E-state index in [1.807, 2.05) is 42.6 Å². The molecule has 1 N–H and O–H groups in total. The van der Waals surface area contributed by atoms with Crippen LogP contribution in [0.25, 0.3) is 22.3 Å². The first-order valence-corrected chi connectivity index (χ1v) is 12.1. The minimum atomic E-state index is 0.0953. The lowest BCUT2D eigenvalue weighted by Gasteiger charge is -2.14. The van der Waals surface area contributed by atoms with Crippen LogP contribution in [-0.2, 0) is 17.7 Å². The SMILES string of the molecule is CCc1ccc(C(=O)CSc2nnc(-c3c[nH]c4ccccc34)n2CC2CCCO2)cc1. The van der Waals surface area contributed by atoms with E-state index >= 15 is 0 Å². The number of aryl methyl sites for hydroxylation is 1. The maximum atomic E-state index is 12.8. The predicted octanol–water partition coefficient (Wildman–Crippen LogP) is 5.14. The van der Waals surface area contributed by atoms with Gasteiger partial charge in [-0.25, -0.2) is 0 Å². The van der Waals surface area contributed by atoms with Gasteiger partial charge in [0, 0.05) is 34.8 Å². The van der Waals surface area contributed by atoms with Crippen LogP contribution in [0.15, 0.2) is 59.9 Å². The molecule has 32 heavy (non-hydrogen) atoms. The summed E-state index contributed by atoms with van der Waals surface area (Å²) in [6, 6.07) is 16.0. The average Bonchev–Trinajstić information content (AvgIpc) is 3.58. The van der Waals surface area contributed by atoms with Crippen LogP contribution in [0.5, 0.6) is 0 Å². The number of hydrogen-bond acceptors (Lipinski definition) is 5. The molecule has 4 aromatic rings. The van der Waals surface area contributed by atoms with Gasteiger partial charge in [0.2, 0.25) is 0 Å². The number of benzene rings is 2. The number of nitrogens with zero attached hydrogens (tertiary/aromatic N) is 3. The van der Waals surface area contributed by atoms with Gasteiger partial charge in [-0.15, -0.1) is 10.2 Å². The molecule has 1 fully saturated rings. The number of aromatic amines is 1. The van der Waals surface area contributed by atoms with Gasteiger partial charge in [0.15, 0.2) is 16.8 Å². The van der Waals surface area contributed by atoms with E-state index in [2.05, 4.69) is 38.8 Å². The minimum Gasteiger partial charge on any atom is -0.376 e. The topological polar surface area (TPSA) is 72.8 Å². The fourth-order valence-electron chi connectivity index (χ4n) is 4.15. The van der Waals surface area contributed by atoms with Gasteiger partial charge in [0.25, 0.3) is 0 Å². The van der Waals surface area contributed by atoms with Crippen molar-refractivity contribution in [3.8, 4) is 11.4 Å². The maximum absolute atomic E-state index is 12.8. The second-order valence-corrected chi connectivity index (χ2v) is 9.00. The largest absolute Gasteiger partial charge is 0.376 e. The number of H-pyrrole nitrogens is 1. The minimum absolute atomic E-state index is 0.0953. The molecule has 1 saturated heterocycles. The summed E-state index contributed by atoms with van der Waals surface area (Å²) < 4.78 is 8.01. The zero-order valence-electron chi connectivity index (χ0n) is 18.1. The zero-order valence-corrected chi connectivity index (χ0v) is 18.9. The first-order chi connectivity index (χ1) is 15.7. The molecule has 164 valence electrons. The summed E-state index contributed by atoms with van der Waals surface area (Å²) in [6.45, 7) is 3.59. The number of hydrogen-bond donors (Lipinski definition) is 1. The van der Waals surface area contributed by atoms with Crippen molar-refractivity contribution in [3.63, 3.8) is 0 Å². The van der Waals surface area contributed by atoms with E-state index in [1.54, 1.807) is 0 Å². The molecule has 7 heteroatoms. The third kappa shape index (κ3) is 4.23. The highest BCUT2D eigenvalue weighted by Gasteiger charge is 2.23. The van der Waals surface area contributed by atoms with Gasteiger partial charge < -0.3 is 9.72 Å². The van der Waals surface area contributed by atoms with E-state index in [-0.39, 0.29) is 11.9 Å². The number of ether oxygens (including phenoxy) is 1. The van der Waals surface area contributed by atoms with E-state index in [0.717, 1.165) is 58.9 Å². The van der Waals surface area contributed by atoms with Crippen molar-refractivity contribution in [1.29, 1.82) is 0 Å². The van der Waals surface area contributed by atoms with E-state index < -0.39 is 0 Å². The molecule has 3 heterocycles. The Balaban J connectivity index is 1.42. The van der Waals surface area contributed by atoms with Crippen LogP contribution >= 0.6 is 11.8 Å². The van der Waals surface area contributed by atoms with Crippen LogP contribution in [0, 0.1) is 0 Å². The maximum Gasteiger partial charge on any atom is 0.192 e. The highest BCUT2D eigenvalue weighted by molar-refractivity contribution is 7.99. The Morgan fingerprint density at radius 3 is 2.81 bits per heavy atom. The lowest BCUT2D eigenvalue weighted by Crippen LogP contribution is -2.17. The van der Waals surface area contributed by atoms with Crippen molar-refractivity contribution < 1.29 is 9.53 Å². The van der Waals surface area contributed by atoms with Crippen molar-refractivity contribution in [3.05, 3.63) is 65.9 Å². The monoisotopic (exact) mass is 446 g/mol. The second kappa shape index (κ2) is 9.30. The Hall–Kier alpha value is -2.90. The average molecular weight is 447 g/mol. The van der Waals surface area contributed by atoms with Crippen LogP contribution in [0.3, 0.4) is 0 Å². The summed E-state index contributed by atoms with van der Waals surface area (Å²) in [5, 5.41) is 10.9. The molecule has 1 aliphatic rings. The molecule has 2 aromatic carbocycles. The summed E-state index contributed by atoms with van der Waals surface area (Å²) in [5.41, 5.74) is 4.04. The van der Waals surface area contributed by atoms with E-state index in [0.29, 0.717) is 12.3 Å². The highest BCUT2D eigenvalue weighted by Crippen LogP contribution is 2.31. The fraction of sp³-hybridized carbons (Fsp3) is 0.320. The van der Waals surface area contributed by atoms with Crippen LogP contribution in [0.2, 0.25) is 0 Å². The molecule has 1 atom stereocenters. The number of ketones is 1. The number of fused-ring (bicyclic) bond motifs is 1. The number of carbonyl (C=O) groups is 1. The van der Waals surface area contributed by atoms with Crippen molar-refractivity contribution in [1.82, 2.24) is 19.7 Å². The summed E-state index contributed by atoms with van der Waals surface area (Å²) >= 11 is 1.44. The number of thioether (sulfide) groups is 1. The molecule has 1 aliphatic heterocycles. The summed E-state index contributed by atoms with van der Waals surface area (Å²) in [7, 11) is 0. The quantitative estimate of drug-likeness (QED) is 0.300. The van der Waals surface area contributed by atoms with E-state index in [9.17, 15) is 4.79 Å². The van der Waals surface area contributed by atoms with Gasteiger partial charge in [0.05, 0.1) is 18.4 Å². The molecular formula is C25H26N4O2S. The van der Waals surface area contributed by atoms with Crippen molar-refractivity contribution in [2.75, 3.05) is 12.4 Å². The number of carbonyl (C=O) groups excluding carboxylic acids is 1. The third-order valence-electron chi connectivity index (χ3n) is 5.97. The Morgan fingerprint density at radius 1 is 1.19 bits per heavy atom. The first kappa shape index (κ1) is 21.0. The number of rotatable bonds is 8. The fourth-order valence-corrected chi connectivity index (χ4v) is 4.99. The Morgan fingerprint density at radius 2 is 2.03 bits per heavy atom. The smallest absolute Gasteiger partial charge is 0.192 e. The Kier molecular flexibility index (Phi) is 6.10. The second-order valence-electron chi connectivity index (χ2n) is 8.06. The van der Waals surface area contributed by atoms with Crippen LogP contribution in [0.4, 0.5) is 0 Å². The standard InChI is InChI=1S/C25H26N4O2S/c1-2-17-9-11-18(12-10-17)23(30)16-32-25-28-27-24(29(25)15-19-6-5-13-31-19)21-14-26-22-8-4-3-7-20(21)22/h3-4,7-12,14,19,26H,2,5-6,13,15-16H2,1H3. The van der Waals surface area contributed by atoms with Gasteiger partial charge in [0.1, 0.15) is 0 Å². The van der Waals surface area contributed by atoms with E-state index in [1.165, 1.54) is 17.3 Å². The predicted molar refractivity (Wildman–Crippen MR) is 127 cm³/mol. The highest BCUT2D eigenvalue weighted by atomic mass is 32.2. The first-order valence-electron chi connectivity index (χ1n) is 11.1. The molecule has 6 nitrogen and oxygen atoms in total. The summed E-state index contributed by atoms with van der Waals surface area (Å²) in [4.78, 5) is 16.1. The van der Waals surface area contributed by atoms with Crippen molar-refractivity contribution >= 4 is 28.4 Å². The Bertz CT molecular complexity index is 1220. The van der Waals surface area contributed by atoms with Crippen LogP contribution < -0.4 is 0 Å². The summed E-state index contributed by atoms with van der Waals surface area (Å²) in [5.74, 6) is 1.22. The van der Waals surface area contributed by atoms with Gasteiger partial charge in [-0.1, -0.05) is 61.2 Å². The number of Topliss-reactive ketones (excluding diaryl/α,β-unsaturated/α-hetero) is 1. The Labute approximate surface area is 191 Å². The van der Waals surface area contributed by atoms with Gasteiger partial charge in [-0.2, -0.15) is 0 Å². The van der Waals surface area contributed by atoms with Crippen LogP contribution in [-0.4, -0.2) is 44.0 Å². The molecular weight excluding hydrogens is 420 g/mol.